The SMILES string of the molecule is CCN1CCC(C2=NN3C(=O)C=C(c4ccc5nn(C)cc5c4)PC3C=C2)CC1. The van der Waals surface area contributed by atoms with Gasteiger partial charge >= 0.3 is 0 Å². The van der Waals surface area contributed by atoms with Crippen molar-refractivity contribution in [3.63, 3.8) is 0 Å². The van der Waals surface area contributed by atoms with Crippen molar-refractivity contribution in [3.8, 4) is 0 Å². The molecule has 5 rings (SSSR count). The molecule has 4 heterocycles. The van der Waals surface area contributed by atoms with Gasteiger partial charge in [0, 0.05) is 30.6 Å². The van der Waals surface area contributed by atoms with Gasteiger partial charge in [0.15, 0.2) is 0 Å². The average molecular weight is 407 g/mol. The number of hydrogen-bond acceptors (Lipinski definition) is 4. The van der Waals surface area contributed by atoms with Crippen molar-refractivity contribution in [1.82, 2.24) is 19.7 Å². The zero-order chi connectivity index (χ0) is 20.0. The van der Waals surface area contributed by atoms with Crippen molar-refractivity contribution in [2.24, 2.45) is 18.1 Å². The van der Waals surface area contributed by atoms with Gasteiger partial charge in [-0.15, -0.1) is 0 Å². The third-order valence-electron chi connectivity index (χ3n) is 6.12. The first-order valence-corrected chi connectivity index (χ1v) is 11.4. The molecule has 2 aromatic rings. The van der Waals surface area contributed by atoms with Crippen molar-refractivity contribution >= 4 is 36.4 Å². The second kappa shape index (κ2) is 7.51. The fourth-order valence-corrected chi connectivity index (χ4v) is 5.77. The van der Waals surface area contributed by atoms with Crippen molar-refractivity contribution in [2.45, 2.75) is 25.5 Å². The number of aryl methyl sites for hydroxylation is 1. The van der Waals surface area contributed by atoms with Gasteiger partial charge in [0.2, 0.25) is 0 Å². The highest BCUT2D eigenvalue weighted by Crippen LogP contribution is 2.44. The van der Waals surface area contributed by atoms with E-state index in [1.165, 1.54) is 0 Å². The lowest BCUT2D eigenvalue weighted by molar-refractivity contribution is -0.126. The normalized spacial score (nSPS) is 24.1. The van der Waals surface area contributed by atoms with E-state index in [9.17, 15) is 4.79 Å². The first-order chi connectivity index (χ1) is 14.1. The van der Waals surface area contributed by atoms with Gasteiger partial charge in [-0.2, -0.15) is 10.2 Å². The van der Waals surface area contributed by atoms with E-state index < -0.39 is 0 Å². The first-order valence-electron chi connectivity index (χ1n) is 10.3. The van der Waals surface area contributed by atoms with Crippen LogP contribution in [0.5, 0.6) is 0 Å². The van der Waals surface area contributed by atoms with Crippen molar-refractivity contribution in [1.29, 1.82) is 0 Å². The van der Waals surface area contributed by atoms with Crippen LogP contribution in [0.4, 0.5) is 0 Å². The van der Waals surface area contributed by atoms with Crippen LogP contribution in [0.1, 0.15) is 25.3 Å². The van der Waals surface area contributed by atoms with Crippen molar-refractivity contribution < 1.29 is 4.79 Å². The van der Waals surface area contributed by atoms with E-state index in [0.29, 0.717) is 14.5 Å². The fraction of sp³-hybridized carbons (Fsp3) is 0.409. The summed E-state index contributed by atoms with van der Waals surface area (Å²) in [5.41, 5.74) is 3.15. The summed E-state index contributed by atoms with van der Waals surface area (Å²) in [4.78, 5) is 15.4. The molecule has 1 amide bonds. The number of carbonyl (C=O) groups is 1. The van der Waals surface area contributed by atoms with Crippen LogP contribution in [0.2, 0.25) is 0 Å². The number of hydrogen-bond donors (Lipinski definition) is 0. The summed E-state index contributed by atoms with van der Waals surface area (Å²) >= 11 is 0. The van der Waals surface area contributed by atoms with Crippen LogP contribution in [0, 0.1) is 5.92 Å². The van der Waals surface area contributed by atoms with Crippen LogP contribution in [0.15, 0.2) is 47.7 Å². The highest BCUT2D eigenvalue weighted by Gasteiger charge is 2.32. The molecule has 0 N–H and O–H groups in total. The Morgan fingerprint density at radius 2 is 2.07 bits per heavy atom. The van der Waals surface area contributed by atoms with Gasteiger partial charge in [0.1, 0.15) is 0 Å². The van der Waals surface area contributed by atoms with Crippen LogP contribution >= 0.6 is 8.58 Å². The van der Waals surface area contributed by atoms with Gasteiger partial charge in [0.25, 0.3) is 5.91 Å². The van der Waals surface area contributed by atoms with Gasteiger partial charge in [-0.05, 0) is 61.6 Å². The lowest BCUT2D eigenvalue weighted by Crippen LogP contribution is -2.40. The number of carbonyl (C=O) groups excluding carboxylic acids is 1. The third-order valence-corrected chi connectivity index (χ3v) is 7.59. The maximum absolute atomic E-state index is 12.9. The van der Waals surface area contributed by atoms with Crippen LogP contribution in [-0.4, -0.2) is 56.7 Å². The maximum Gasteiger partial charge on any atom is 0.268 e. The molecule has 0 radical (unpaired) electrons. The molecule has 2 unspecified atom stereocenters. The molecule has 1 fully saturated rings. The average Bonchev–Trinajstić information content (AvgIpc) is 3.12. The molecule has 1 aromatic heterocycles. The minimum Gasteiger partial charge on any atom is -0.304 e. The summed E-state index contributed by atoms with van der Waals surface area (Å²) in [7, 11) is 2.42. The van der Waals surface area contributed by atoms with E-state index in [4.69, 9.17) is 5.10 Å². The number of likely N-dealkylation sites (tertiary alicyclic amines) is 1. The standard InChI is InChI=1S/C22H26N5OP/c1-3-26-10-8-15(9-11-26)18-6-7-22-27(24-18)21(28)13-20(29-22)16-4-5-19-17(12-16)14-25(2)23-19/h4-7,12-15,22,29H,3,8-11H2,1-2H3. The van der Waals surface area contributed by atoms with Gasteiger partial charge in [-0.1, -0.05) is 27.6 Å². The summed E-state index contributed by atoms with van der Waals surface area (Å²) < 4.78 is 1.82. The van der Waals surface area contributed by atoms with E-state index in [-0.39, 0.29) is 11.7 Å². The quantitative estimate of drug-likeness (QED) is 0.733. The van der Waals surface area contributed by atoms with E-state index in [2.05, 4.69) is 41.2 Å². The Morgan fingerprint density at radius 1 is 1.24 bits per heavy atom. The van der Waals surface area contributed by atoms with Crippen LogP contribution < -0.4 is 0 Å². The second-order valence-corrected chi connectivity index (χ2v) is 9.42. The number of nitrogens with zero attached hydrogens (tertiary/aromatic N) is 5. The number of amides is 1. The molecule has 2 atom stereocenters. The largest absolute Gasteiger partial charge is 0.304 e. The van der Waals surface area contributed by atoms with Crippen LogP contribution in [0.25, 0.3) is 16.2 Å². The summed E-state index contributed by atoms with van der Waals surface area (Å²) in [6.45, 7) is 5.57. The van der Waals surface area contributed by atoms with E-state index in [0.717, 1.165) is 60.0 Å². The minimum absolute atomic E-state index is 0.0112. The van der Waals surface area contributed by atoms with E-state index in [1.807, 2.05) is 24.0 Å². The Bertz CT molecular complexity index is 1040. The molecule has 0 bridgehead atoms. The third kappa shape index (κ3) is 3.56. The number of rotatable bonds is 3. The van der Waals surface area contributed by atoms with Crippen LogP contribution in [0.3, 0.4) is 0 Å². The molecule has 0 aliphatic carbocycles. The molecule has 6 nitrogen and oxygen atoms in total. The molecule has 3 aliphatic rings. The molecule has 1 aromatic carbocycles. The number of fused-ring (bicyclic) bond motifs is 2. The Labute approximate surface area is 172 Å². The van der Waals surface area contributed by atoms with Gasteiger partial charge < -0.3 is 4.90 Å². The molecule has 7 heteroatoms. The summed E-state index contributed by atoms with van der Waals surface area (Å²) in [5, 5.41) is 13.1. The number of allylic oxidation sites excluding steroid dienone is 1. The molecule has 0 spiro atoms. The molecular formula is C22H26N5OP. The lowest BCUT2D eigenvalue weighted by atomic mass is 9.91. The van der Waals surface area contributed by atoms with E-state index >= 15 is 0 Å². The van der Waals surface area contributed by atoms with Gasteiger partial charge in [-0.3, -0.25) is 9.48 Å². The number of piperidine rings is 1. The van der Waals surface area contributed by atoms with E-state index in [1.54, 1.807) is 11.1 Å². The highest BCUT2D eigenvalue weighted by atomic mass is 31.1. The summed E-state index contributed by atoms with van der Waals surface area (Å²) in [5.74, 6) is 0.485. The molecule has 3 aliphatic heterocycles. The molecular weight excluding hydrogens is 381 g/mol. The summed E-state index contributed by atoms with van der Waals surface area (Å²) in [6.07, 6.45) is 10.4. The Balaban J connectivity index is 1.37. The zero-order valence-electron chi connectivity index (χ0n) is 16.9. The minimum atomic E-state index is -0.0112. The summed E-state index contributed by atoms with van der Waals surface area (Å²) in [6, 6.07) is 6.23. The monoisotopic (exact) mass is 407 g/mol. The first kappa shape index (κ1) is 18.7. The zero-order valence-corrected chi connectivity index (χ0v) is 17.9. The predicted molar refractivity (Wildman–Crippen MR) is 119 cm³/mol. The maximum atomic E-state index is 12.9. The Morgan fingerprint density at radius 3 is 2.86 bits per heavy atom. The number of aromatic nitrogens is 2. The van der Waals surface area contributed by atoms with Gasteiger partial charge in [-0.25, -0.2) is 5.01 Å². The molecule has 29 heavy (non-hydrogen) atoms. The molecule has 0 saturated carbocycles. The smallest absolute Gasteiger partial charge is 0.268 e. The highest BCUT2D eigenvalue weighted by molar-refractivity contribution is 7.51. The Hall–Kier alpha value is -2.30. The van der Waals surface area contributed by atoms with Gasteiger partial charge in [0.05, 0.1) is 17.0 Å². The Kier molecular flexibility index (Phi) is 4.84. The second-order valence-electron chi connectivity index (χ2n) is 8.00. The van der Waals surface area contributed by atoms with Crippen molar-refractivity contribution in [2.75, 3.05) is 19.6 Å². The lowest BCUT2D eigenvalue weighted by Gasteiger charge is -2.36. The molecule has 150 valence electrons. The van der Waals surface area contributed by atoms with Crippen LogP contribution in [-0.2, 0) is 11.8 Å². The number of hydrazone groups is 1. The predicted octanol–water partition coefficient (Wildman–Crippen LogP) is 3.42. The number of benzene rings is 1. The topological polar surface area (TPSA) is 53.7 Å². The fourth-order valence-electron chi connectivity index (χ4n) is 4.42. The molecule has 1 saturated heterocycles. The van der Waals surface area contributed by atoms with Crippen molar-refractivity contribution in [3.05, 3.63) is 48.2 Å².